The van der Waals surface area contributed by atoms with Gasteiger partial charge in [-0.05, 0) is 29.2 Å². The fourth-order valence-electron chi connectivity index (χ4n) is 3.01. The average molecular weight is 284 g/mol. The van der Waals surface area contributed by atoms with Gasteiger partial charge in [0.05, 0.1) is 12.3 Å². The summed E-state index contributed by atoms with van der Waals surface area (Å²) in [6.07, 6.45) is 1.77. The summed E-state index contributed by atoms with van der Waals surface area (Å²) in [6, 6.07) is 13.3. The third kappa shape index (κ3) is 3.20. The number of nitrogens with one attached hydrogen (secondary N) is 1. The molecule has 0 spiro atoms. The zero-order valence-electron chi connectivity index (χ0n) is 12.9. The van der Waals surface area contributed by atoms with Gasteiger partial charge in [-0.1, -0.05) is 38.1 Å². The van der Waals surface area contributed by atoms with Crippen LogP contribution in [0.15, 0.2) is 47.1 Å². The fraction of sp³-hybridized carbons (Fsp3) is 0.444. The van der Waals surface area contributed by atoms with Gasteiger partial charge in [0.2, 0.25) is 0 Å². The van der Waals surface area contributed by atoms with Crippen LogP contribution in [0, 0.1) is 0 Å². The molecule has 21 heavy (non-hydrogen) atoms. The fourth-order valence-corrected chi connectivity index (χ4v) is 3.01. The molecular weight excluding hydrogens is 260 g/mol. The van der Waals surface area contributed by atoms with Gasteiger partial charge < -0.3 is 9.73 Å². The number of hydrogen-bond donors (Lipinski definition) is 1. The Morgan fingerprint density at radius 1 is 1.00 bits per heavy atom. The van der Waals surface area contributed by atoms with Crippen LogP contribution in [0.1, 0.15) is 42.7 Å². The number of nitrogens with zero attached hydrogens (tertiary/aromatic N) is 1. The zero-order chi connectivity index (χ0) is 14.7. The molecule has 112 valence electrons. The van der Waals surface area contributed by atoms with Crippen LogP contribution in [0.3, 0.4) is 0 Å². The Morgan fingerprint density at radius 3 is 2.24 bits per heavy atom. The minimum atomic E-state index is 0.225. The van der Waals surface area contributed by atoms with Crippen LogP contribution >= 0.6 is 0 Å². The standard InChI is InChI=1S/C18H24N2O/c1-14(2)15-5-7-16(8-6-15)18(17-4-3-13-21-17)20-11-9-19-10-12-20/h3-8,13-14,18-19H,9-12H2,1-2H3. The van der Waals surface area contributed by atoms with Crippen LogP contribution in [0.25, 0.3) is 0 Å². The van der Waals surface area contributed by atoms with Crippen molar-refractivity contribution in [2.45, 2.75) is 25.8 Å². The molecule has 1 atom stereocenters. The Hall–Kier alpha value is -1.58. The Bertz CT molecular complexity index is 539. The Balaban J connectivity index is 1.91. The first-order valence-corrected chi connectivity index (χ1v) is 7.84. The van der Waals surface area contributed by atoms with E-state index in [9.17, 15) is 0 Å². The lowest BCUT2D eigenvalue weighted by molar-refractivity contribution is 0.180. The molecule has 0 aliphatic carbocycles. The third-order valence-electron chi connectivity index (χ3n) is 4.25. The van der Waals surface area contributed by atoms with Gasteiger partial charge in [-0.3, -0.25) is 4.90 Å². The highest BCUT2D eigenvalue weighted by molar-refractivity contribution is 5.31. The van der Waals surface area contributed by atoms with E-state index in [4.69, 9.17) is 4.42 Å². The van der Waals surface area contributed by atoms with E-state index in [-0.39, 0.29) is 6.04 Å². The van der Waals surface area contributed by atoms with Crippen molar-refractivity contribution in [2.24, 2.45) is 0 Å². The molecule has 0 saturated carbocycles. The normalized spacial score (nSPS) is 18.0. The molecule has 1 aliphatic rings. The van der Waals surface area contributed by atoms with Gasteiger partial charge in [0.1, 0.15) is 5.76 Å². The van der Waals surface area contributed by atoms with E-state index in [0.717, 1.165) is 31.9 Å². The Labute approximate surface area is 127 Å². The molecular formula is C18H24N2O. The smallest absolute Gasteiger partial charge is 0.125 e. The quantitative estimate of drug-likeness (QED) is 0.933. The maximum Gasteiger partial charge on any atom is 0.125 e. The average Bonchev–Trinajstić information content (AvgIpc) is 3.03. The van der Waals surface area contributed by atoms with E-state index in [1.54, 1.807) is 6.26 Å². The molecule has 1 aromatic heterocycles. The van der Waals surface area contributed by atoms with Crippen molar-refractivity contribution >= 4 is 0 Å². The molecule has 3 rings (SSSR count). The van der Waals surface area contributed by atoms with E-state index in [1.165, 1.54) is 11.1 Å². The van der Waals surface area contributed by atoms with Gasteiger partial charge in [0, 0.05) is 26.2 Å². The molecule has 2 aromatic rings. The number of rotatable bonds is 4. The molecule has 2 heterocycles. The van der Waals surface area contributed by atoms with Gasteiger partial charge in [0.25, 0.3) is 0 Å². The van der Waals surface area contributed by atoms with Crippen molar-refractivity contribution in [2.75, 3.05) is 26.2 Å². The van der Waals surface area contributed by atoms with E-state index in [2.05, 4.69) is 54.4 Å². The van der Waals surface area contributed by atoms with Crippen LogP contribution < -0.4 is 5.32 Å². The zero-order valence-corrected chi connectivity index (χ0v) is 12.9. The lowest BCUT2D eigenvalue weighted by Crippen LogP contribution is -2.45. The van der Waals surface area contributed by atoms with E-state index >= 15 is 0 Å². The minimum absolute atomic E-state index is 0.225. The van der Waals surface area contributed by atoms with E-state index in [0.29, 0.717) is 5.92 Å². The summed E-state index contributed by atoms with van der Waals surface area (Å²) < 4.78 is 5.72. The molecule has 1 saturated heterocycles. The molecule has 0 bridgehead atoms. The van der Waals surface area contributed by atoms with Gasteiger partial charge in [-0.2, -0.15) is 0 Å². The number of hydrogen-bond acceptors (Lipinski definition) is 3. The van der Waals surface area contributed by atoms with Crippen molar-refractivity contribution in [3.05, 3.63) is 59.5 Å². The van der Waals surface area contributed by atoms with Crippen molar-refractivity contribution < 1.29 is 4.42 Å². The molecule has 1 fully saturated rings. The molecule has 3 nitrogen and oxygen atoms in total. The highest BCUT2D eigenvalue weighted by atomic mass is 16.3. The summed E-state index contributed by atoms with van der Waals surface area (Å²) in [5.74, 6) is 1.61. The topological polar surface area (TPSA) is 28.4 Å². The van der Waals surface area contributed by atoms with Crippen LogP contribution in [0.5, 0.6) is 0 Å². The summed E-state index contributed by atoms with van der Waals surface area (Å²) in [5.41, 5.74) is 2.70. The maximum absolute atomic E-state index is 5.72. The number of benzene rings is 1. The molecule has 1 aromatic carbocycles. The largest absolute Gasteiger partial charge is 0.467 e. The molecule has 1 aliphatic heterocycles. The Morgan fingerprint density at radius 2 is 1.67 bits per heavy atom. The minimum Gasteiger partial charge on any atom is -0.467 e. The first-order chi connectivity index (χ1) is 10.3. The second kappa shape index (κ2) is 6.46. The molecule has 1 N–H and O–H groups in total. The predicted octanol–water partition coefficient (Wildman–Crippen LogP) is 3.40. The number of piperazine rings is 1. The van der Waals surface area contributed by atoms with Crippen LogP contribution in [0.4, 0.5) is 0 Å². The summed E-state index contributed by atoms with van der Waals surface area (Å²) >= 11 is 0. The summed E-state index contributed by atoms with van der Waals surface area (Å²) in [7, 11) is 0. The molecule has 0 radical (unpaired) electrons. The lowest BCUT2D eigenvalue weighted by atomic mass is 9.97. The van der Waals surface area contributed by atoms with E-state index < -0.39 is 0 Å². The van der Waals surface area contributed by atoms with E-state index in [1.807, 2.05) is 6.07 Å². The second-order valence-corrected chi connectivity index (χ2v) is 6.03. The third-order valence-corrected chi connectivity index (χ3v) is 4.25. The monoisotopic (exact) mass is 284 g/mol. The SMILES string of the molecule is CC(C)c1ccc(C(c2ccco2)N2CCNCC2)cc1. The van der Waals surface area contributed by atoms with Gasteiger partial charge >= 0.3 is 0 Å². The molecule has 3 heteroatoms. The highest BCUT2D eigenvalue weighted by Crippen LogP contribution is 2.30. The summed E-state index contributed by atoms with van der Waals surface area (Å²) in [6.45, 7) is 8.65. The van der Waals surface area contributed by atoms with Crippen LogP contribution in [0.2, 0.25) is 0 Å². The van der Waals surface area contributed by atoms with Crippen molar-refractivity contribution in [3.8, 4) is 0 Å². The summed E-state index contributed by atoms with van der Waals surface area (Å²) in [4.78, 5) is 2.50. The molecule has 1 unspecified atom stereocenters. The first-order valence-electron chi connectivity index (χ1n) is 7.84. The van der Waals surface area contributed by atoms with Crippen LogP contribution in [-0.2, 0) is 0 Å². The second-order valence-electron chi connectivity index (χ2n) is 6.03. The predicted molar refractivity (Wildman–Crippen MR) is 85.5 cm³/mol. The van der Waals surface area contributed by atoms with Crippen molar-refractivity contribution in [1.82, 2.24) is 10.2 Å². The van der Waals surface area contributed by atoms with Crippen molar-refractivity contribution in [3.63, 3.8) is 0 Å². The number of furan rings is 1. The van der Waals surface area contributed by atoms with Gasteiger partial charge in [-0.25, -0.2) is 0 Å². The summed E-state index contributed by atoms with van der Waals surface area (Å²) in [5, 5.41) is 3.42. The van der Waals surface area contributed by atoms with Gasteiger partial charge in [-0.15, -0.1) is 0 Å². The van der Waals surface area contributed by atoms with Gasteiger partial charge in [0.15, 0.2) is 0 Å². The van der Waals surface area contributed by atoms with Crippen molar-refractivity contribution in [1.29, 1.82) is 0 Å². The van der Waals surface area contributed by atoms with Crippen LogP contribution in [-0.4, -0.2) is 31.1 Å². The Kier molecular flexibility index (Phi) is 4.42. The highest BCUT2D eigenvalue weighted by Gasteiger charge is 2.25. The lowest BCUT2D eigenvalue weighted by Gasteiger charge is -2.34. The maximum atomic E-state index is 5.72. The molecule has 0 amide bonds. The first kappa shape index (κ1) is 14.4.